The predicted molar refractivity (Wildman–Crippen MR) is 103 cm³/mol. The molecule has 1 aliphatic heterocycles. The van der Waals surface area contributed by atoms with E-state index in [1.807, 2.05) is 11.9 Å². The summed E-state index contributed by atoms with van der Waals surface area (Å²) in [7, 11) is -1.88. The highest BCUT2D eigenvalue weighted by molar-refractivity contribution is 7.89. The second kappa shape index (κ2) is 8.21. The smallest absolute Gasteiger partial charge is 0.293 e. The van der Waals surface area contributed by atoms with Crippen LogP contribution in [0.2, 0.25) is 0 Å². The summed E-state index contributed by atoms with van der Waals surface area (Å²) in [6.45, 7) is 2.15. The van der Waals surface area contributed by atoms with Gasteiger partial charge in [0, 0.05) is 38.8 Å². The van der Waals surface area contributed by atoms with Crippen LogP contribution in [-0.4, -0.2) is 55.8 Å². The Balaban J connectivity index is 1.82. The van der Waals surface area contributed by atoms with Crippen molar-refractivity contribution in [3.63, 3.8) is 0 Å². The van der Waals surface area contributed by atoms with Gasteiger partial charge in [-0.3, -0.25) is 10.1 Å². The van der Waals surface area contributed by atoms with Gasteiger partial charge in [-0.15, -0.1) is 0 Å². The Morgan fingerprint density at radius 3 is 2.36 bits per heavy atom. The molecule has 1 N–H and O–H groups in total. The van der Waals surface area contributed by atoms with Gasteiger partial charge in [0.1, 0.15) is 11.5 Å². The number of rotatable bonds is 6. The third kappa shape index (κ3) is 4.46. The van der Waals surface area contributed by atoms with Crippen molar-refractivity contribution in [3.05, 3.63) is 64.0 Å². The standard InChI is InChI=1S/C18H21FN4O4S/c1-21-8-10-22(11-9-21)28(26,27)16-6-7-17(18(12-16)23(24)25)20-13-14-2-4-15(19)5-3-14/h2-7,12,20H,8-11,13H2,1H3. The fourth-order valence-corrected chi connectivity index (χ4v) is 4.39. The molecule has 1 aliphatic rings. The third-order valence-electron chi connectivity index (χ3n) is 4.66. The maximum Gasteiger partial charge on any atom is 0.293 e. The van der Waals surface area contributed by atoms with Gasteiger partial charge < -0.3 is 10.2 Å². The minimum Gasteiger partial charge on any atom is -0.375 e. The van der Waals surface area contributed by atoms with Crippen LogP contribution in [0.15, 0.2) is 47.4 Å². The number of hydrogen-bond donors (Lipinski definition) is 1. The lowest BCUT2D eigenvalue weighted by molar-refractivity contribution is -0.384. The van der Waals surface area contributed by atoms with Gasteiger partial charge in [0.05, 0.1) is 9.82 Å². The molecule has 0 aliphatic carbocycles. The lowest BCUT2D eigenvalue weighted by atomic mass is 10.2. The molecule has 0 aromatic heterocycles. The van der Waals surface area contributed by atoms with Crippen molar-refractivity contribution in [2.45, 2.75) is 11.4 Å². The molecule has 28 heavy (non-hydrogen) atoms. The molecule has 2 aromatic rings. The third-order valence-corrected chi connectivity index (χ3v) is 6.56. The van der Waals surface area contributed by atoms with E-state index in [-0.39, 0.29) is 28.6 Å². The number of nitro benzene ring substituents is 1. The maximum atomic E-state index is 13.0. The molecule has 0 unspecified atom stereocenters. The average molecular weight is 408 g/mol. The van der Waals surface area contributed by atoms with Crippen molar-refractivity contribution < 1.29 is 17.7 Å². The van der Waals surface area contributed by atoms with Crippen LogP contribution in [0, 0.1) is 15.9 Å². The van der Waals surface area contributed by atoms with E-state index in [1.165, 1.54) is 28.6 Å². The lowest BCUT2D eigenvalue weighted by Gasteiger charge is -2.31. The molecule has 0 atom stereocenters. The van der Waals surface area contributed by atoms with Crippen LogP contribution >= 0.6 is 0 Å². The first-order chi connectivity index (χ1) is 13.3. The Morgan fingerprint density at radius 2 is 1.75 bits per heavy atom. The molecule has 150 valence electrons. The Morgan fingerprint density at radius 1 is 1.11 bits per heavy atom. The maximum absolute atomic E-state index is 13.0. The summed E-state index contributed by atoms with van der Waals surface area (Å²) in [5, 5.41) is 14.4. The van der Waals surface area contributed by atoms with E-state index >= 15 is 0 Å². The van der Waals surface area contributed by atoms with Gasteiger partial charge >= 0.3 is 0 Å². The SMILES string of the molecule is CN1CCN(S(=O)(=O)c2ccc(NCc3ccc(F)cc3)c([N+](=O)[O-])c2)CC1. The Bertz CT molecular complexity index is 958. The zero-order valence-electron chi connectivity index (χ0n) is 15.3. The summed E-state index contributed by atoms with van der Waals surface area (Å²) in [5.74, 6) is -0.367. The number of sulfonamides is 1. The van der Waals surface area contributed by atoms with Gasteiger partial charge in [0.15, 0.2) is 0 Å². The number of piperazine rings is 1. The van der Waals surface area contributed by atoms with Crippen LogP contribution in [0.1, 0.15) is 5.56 Å². The zero-order valence-corrected chi connectivity index (χ0v) is 16.2. The van der Waals surface area contributed by atoms with E-state index in [0.29, 0.717) is 26.2 Å². The number of nitrogens with one attached hydrogen (secondary N) is 1. The number of anilines is 1. The quantitative estimate of drug-likeness (QED) is 0.582. The molecule has 0 spiro atoms. The Kier molecular flexibility index (Phi) is 5.92. The summed E-state index contributed by atoms with van der Waals surface area (Å²) in [4.78, 5) is 12.8. The highest BCUT2D eigenvalue weighted by Gasteiger charge is 2.29. The minimum atomic E-state index is -3.80. The topological polar surface area (TPSA) is 95.8 Å². The number of halogens is 1. The van der Waals surface area contributed by atoms with Crippen molar-refractivity contribution in [1.29, 1.82) is 0 Å². The lowest BCUT2D eigenvalue weighted by Crippen LogP contribution is -2.47. The molecular formula is C18H21FN4O4S. The van der Waals surface area contributed by atoms with Crippen LogP contribution in [0.4, 0.5) is 15.8 Å². The fraction of sp³-hybridized carbons (Fsp3) is 0.333. The van der Waals surface area contributed by atoms with Crippen molar-refractivity contribution >= 4 is 21.4 Å². The van der Waals surface area contributed by atoms with Crippen molar-refractivity contribution in [2.24, 2.45) is 0 Å². The molecule has 0 saturated carbocycles. The van der Waals surface area contributed by atoms with E-state index in [2.05, 4.69) is 5.32 Å². The number of benzene rings is 2. The van der Waals surface area contributed by atoms with Crippen molar-refractivity contribution in [2.75, 3.05) is 38.5 Å². The van der Waals surface area contributed by atoms with Gasteiger partial charge in [-0.25, -0.2) is 12.8 Å². The van der Waals surface area contributed by atoms with Gasteiger partial charge in [0.2, 0.25) is 10.0 Å². The monoisotopic (exact) mass is 408 g/mol. The van der Waals surface area contributed by atoms with Gasteiger partial charge in [-0.05, 0) is 36.9 Å². The average Bonchev–Trinajstić information content (AvgIpc) is 2.67. The van der Waals surface area contributed by atoms with Crippen molar-refractivity contribution in [1.82, 2.24) is 9.21 Å². The van der Waals surface area contributed by atoms with Gasteiger partial charge in [-0.1, -0.05) is 12.1 Å². The molecule has 10 heteroatoms. The number of likely N-dealkylation sites (N-methyl/N-ethyl adjacent to an activating group) is 1. The Labute approximate surface area is 162 Å². The normalized spacial score (nSPS) is 16.1. The zero-order chi connectivity index (χ0) is 20.3. The number of nitro groups is 1. The molecule has 1 saturated heterocycles. The van der Waals surface area contributed by atoms with Gasteiger partial charge in [0.25, 0.3) is 5.69 Å². The second-order valence-electron chi connectivity index (χ2n) is 6.62. The number of hydrogen-bond acceptors (Lipinski definition) is 6. The van der Waals surface area contributed by atoms with E-state index in [4.69, 9.17) is 0 Å². The summed E-state index contributed by atoms with van der Waals surface area (Å²) in [5.41, 5.74) is 0.619. The predicted octanol–water partition coefficient (Wildman–Crippen LogP) is 2.28. The van der Waals surface area contributed by atoms with Crippen LogP contribution in [0.25, 0.3) is 0 Å². The van der Waals surface area contributed by atoms with Crippen LogP contribution < -0.4 is 5.32 Å². The molecule has 0 amide bonds. The van der Waals surface area contributed by atoms with E-state index in [1.54, 1.807) is 12.1 Å². The number of nitrogens with zero attached hydrogens (tertiary/aromatic N) is 3. The van der Waals surface area contributed by atoms with E-state index < -0.39 is 14.9 Å². The molecule has 3 rings (SSSR count). The molecule has 0 radical (unpaired) electrons. The molecule has 1 heterocycles. The highest BCUT2D eigenvalue weighted by atomic mass is 32.2. The second-order valence-corrected chi connectivity index (χ2v) is 8.56. The summed E-state index contributed by atoms with van der Waals surface area (Å²) in [6.07, 6.45) is 0. The molecule has 0 bridgehead atoms. The first-order valence-corrected chi connectivity index (χ1v) is 10.2. The van der Waals surface area contributed by atoms with E-state index in [0.717, 1.165) is 11.6 Å². The fourth-order valence-electron chi connectivity index (χ4n) is 2.95. The molecule has 8 nitrogen and oxygen atoms in total. The first-order valence-electron chi connectivity index (χ1n) is 8.73. The van der Waals surface area contributed by atoms with Crippen LogP contribution in [-0.2, 0) is 16.6 Å². The Hall–Kier alpha value is -2.56. The minimum absolute atomic E-state index is 0.101. The van der Waals surface area contributed by atoms with Crippen LogP contribution in [0.5, 0.6) is 0 Å². The molecule has 2 aromatic carbocycles. The van der Waals surface area contributed by atoms with E-state index in [9.17, 15) is 22.9 Å². The summed E-state index contributed by atoms with van der Waals surface area (Å²) < 4.78 is 40.0. The van der Waals surface area contributed by atoms with Crippen molar-refractivity contribution in [3.8, 4) is 0 Å². The molecular weight excluding hydrogens is 387 g/mol. The summed E-state index contributed by atoms with van der Waals surface area (Å²) in [6, 6.07) is 9.59. The van der Waals surface area contributed by atoms with Crippen LogP contribution in [0.3, 0.4) is 0 Å². The molecule has 1 fully saturated rings. The summed E-state index contributed by atoms with van der Waals surface area (Å²) >= 11 is 0. The first kappa shape index (κ1) is 20.2. The largest absolute Gasteiger partial charge is 0.375 e. The van der Waals surface area contributed by atoms with Gasteiger partial charge in [-0.2, -0.15) is 4.31 Å². The highest BCUT2D eigenvalue weighted by Crippen LogP contribution is 2.29.